The number of aryl methyl sites for hydroxylation is 2. The van der Waals surface area contributed by atoms with E-state index >= 15 is 0 Å². The molecule has 7 nitrogen and oxygen atoms in total. The zero-order chi connectivity index (χ0) is 22.6. The SMILES string of the molecule is CCOc1ccc(N(C)C(=O)CCS(=O)(=O)c2cc(-c3cc(C)no3)ccc2C)cc1. The Morgan fingerprint density at radius 1 is 1.10 bits per heavy atom. The average Bonchev–Trinajstić information content (AvgIpc) is 3.19. The van der Waals surface area contributed by atoms with Crippen molar-refractivity contribution in [1.82, 2.24) is 5.16 Å². The van der Waals surface area contributed by atoms with Crippen LogP contribution < -0.4 is 9.64 Å². The van der Waals surface area contributed by atoms with Crippen molar-refractivity contribution in [3.8, 4) is 17.1 Å². The van der Waals surface area contributed by atoms with Crippen molar-refractivity contribution in [2.24, 2.45) is 0 Å². The van der Waals surface area contributed by atoms with Crippen molar-refractivity contribution in [1.29, 1.82) is 0 Å². The van der Waals surface area contributed by atoms with Gasteiger partial charge >= 0.3 is 0 Å². The average molecular weight is 443 g/mol. The standard InChI is InChI=1S/C23H26N2O5S/c1-5-29-20-10-8-19(9-11-20)25(4)23(26)12-13-31(27,28)22-15-18(7-6-16(22)2)21-14-17(3)24-30-21/h6-11,14-15H,5,12-13H2,1-4H3. The maximum absolute atomic E-state index is 13.0. The highest BCUT2D eigenvalue weighted by Crippen LogP contribution is 2.27. The summed E-state index contributed by atoms with van der Waals surface area (Å²) in [6.07, 6.45) is -0.128. The molecule has 0 aliphatic heterocycles. The minimum Gasteiger partial charge on any atom is -0.494 e. The molecule has 0 spiro atoms. The molecule has 0 fully saturated rings. The molecule has 0 bridgehead atoms. The van der Waals surface area contributed by atoms with Crippen molar-refractivity contribution < 1.29 is 22.5 Å². The normalized spacial score (nSPS) is 11.4. The van der Waals surface area contributed by atoms with Gasteiger partial charge in [-0.15, -0.1) is 0 Å². The highest BCUT2D eigenvalue weighted by Gasteiger charge is 2.22. The van der Waals surface area contributed by atoms with Crippen LogP contribution in [0.3, 0.4) is 0 Å². The molecule has 0 atom stereocenters. The van der Waals surface area contributed by atoms with Crippen LogP contribution >= 0.6 is 0 Å². The van der Waals surface area contributed by atoms with Gasteiger partial charge in [0.2, 0.25) is 5.91 Å². The van der Waals surface area contributed by atoms with Crippen LogP contribution in [0.5, 0.6) is 5.75 Å². The van der Waals surface area contributed by atoms with Gasteiger partial charge < -0.3 is 14.2 Å². The van der Waals surface area contributed by atoms with E-state index in [0.717, 1.165) is 0 Å². The zero-order valence-corrected chi connectivity index (χ0v) is 18.9. The number of nitrogens with zero attached hydrogens (tertiary/aromatic N) is 2. The summed E-state index contributed by atoms with van der Waals surface area (Å²) in [6, 6.07) is 13.9. The molecule has 0 aliphatic rings. The minimum absolute atomic E-state index is 0.128. The summed E-state index contributed by atoms with van der Waals surface area (Å²) < 4.78 is 36.6. The Morgan fingerprint density at radius 2 is 1.81 bits per heavy atom. The van der Waals surface area contributed by atoms with E-state index in [0.29, 0.717) is 40.6 Å². The summed E-state index contributed by atoms with van der Waals surface area (Å²) in [5.74, 6) is 0.645. The third-order valence-corrected chi connectivity index (χ3v) is 6.78. The maximum atomic E-state index is 13.0. The summed E-state index contributed by atoms with van der Waals surface area (Å²) in [7, 11) is -2.04. The first-order chi connectivity index (χ1) is 14.7. The summed E-state index contributed by atoms with van der Waals surface area (Å²) >= 11 is 0. The Balaban J connectivity index is 1.72. The highest BCUT2D eigenvalue weighted by molar-refractivity contribution is 7.91. The van der Waals surface area contributed by atoms with Gasteiger partial charge in [-0.3, -0.25) is 4.79 Å². The fourth-order valence-electron chi connectivity index (χ4n) is 3.16. The number of anilines is 1. The summed E-state index contributed by atoms with van der Waals surface area (Å²) in [5, 5.41) is 3.85. The van der Waals surface area contributed by atoms with E-state index in [4.69, 9.17) is 9.26 Å². The second kappa shape index (κ2) is 9.34. The number of carbonyl (C=O) groups is 1. The molecule has 0 N–H and O–H groups in total. The number of hydrogen-bond donors (Lipinski definition) is 0. The first-order valence-electron chi connectivity index (χ1n) is 9.98. The molecule has 8 heteroatoms. The lowest BCUT2D eigenvalue weighted by Crippen LogP contribution is -2.28. The van der Waals surface area contributed by atoms with E-state index in [1.54, 1.807) is 69.4 Å². The van der Waals surface area contributed by atoms with E-state index in [9.17, 15) is 13.2 Å². The van der Waals surface area contributed by atoms with Gasteiger partial charge in [-0.2, -0.15) is 0 Å². The fourth-order valence-corrected chi connectivity index (χ4v) is 4.69. The smallest absolute Gasteiger partial charge is 0.227 e. The van der Waals surface area contributed by atoms with Gasteiger partial charge in [0.15, 0.2) is 15.6 Å². The Morgan fingerprint density at radius 3 is 2.42 bits per heavy atom. The van der Waals surface area contributed by atoms with E-state index in [1.807, 2.05) is 6.92 Å². The summed E-state index contributed by atoms with van der Waals surface area (Å²) in [5.41, 5.74) is 2.63. The molecule has 0 radical (unpaired) electrons. The molecule has 3 rings (SSSR count). The zero-order valence-electron chi connectivity index (χ0n) is 18.1. The van der Waals surface area contributed by atoms with Crippen molar-refractivity contribution >= 4 is 21.4 Å². The van der Waals surface area contributed by atoms with Gasteiger partial charge in [0.1, 0.15) is 5.75 Å². The van der Waals surface area contributed by atoms with Gasteiger partial charge in [-0.1, -0.05) is 17.3 Å². The molecular weight excluding hydrogens is 416 g/mol. The van der Waals surface area contributed by atoms with E-state index in [1.165, 1.54) is 4.90 Å². The Bertz CT molecular complexity index is 1170. The molecule has 1 amide bonds. The predicted octanol–water partition coefficient (Wildman–Crippen LogP) is 4.18. The second-order valence-electron chi connectivity index (χ2n) is 7.26. The number of amides is 1. The van der Waals surface area contributed by atoms with Crippen LogP contribution in [0.15, 0.2) is 57.9 Å². The number of sulfone groups is 1. The number of hydrogen-bond acceptors (Lipinski definition) is 6. The van der Waals surface area contributed by atoms with Crippen LogP contribution in [0.4, 0.5) is 5.69 Å². The van der Waals surface area contributed by atoms with Crippen LogP contribution in [-0.4, -0.2) is 38.9 Å². The molecule has 0 unspecified atom stereocenters. The van der Waals surface area contributed by atoms with Gasteiger partial charge in [-0.05, 0) is 56.7 Å². The van der Waals surface area contributed by atoms with E-state index in [2.05, 4.69) is 5.16 Å². The lowest BCUT2D eigenvalue weighted by Gasteiger charge is -2.18. The molecule has 0 saturated heterocycles. The van der Waals surface area contributed by atoms with Crippen LogP contribution in [0.2, 0.25) is 0 Å². The third kappa shape index (κ3) is 5.32. The van der Waals surface area contributed by atoms with Crippen LogP contribution in [-0.2, 0) is 14.6 Å². The topological polar surface area (TPSA) is 89.7 Å². The summed E-state index contributed by atoms with van der Waals surface area (Å²) in [4.78, 5) is 14.3. The fraction of sp³-hybridized carbons (Fsp3) is 0.304. The number of rotatable bonds is 8. The number of ether oxygens (including phenoxy) is 1. The van der Waals surface area contributed by atoms with Crippen LogP contribution in [0.25, 0.3) is 11.3 Å². The van der Waals surface area contributed by atoms with Gasteiger partial charge in [-0.25, -0.2) is 8.42 Å². The molecule has 164 valence electrons. The molecule has 1 aromatic heterocycles. The Hall–Kier alpha value is -3.13. The Kier molecular flexibility index (Phi) is 6.80. The van der Waals surface area contributed by atoms with Crippen molar-refractivity contribution in [2.45, 2.75) is 32.1 Å². The molecule has 0 aliphatic carbocycles. The van der Waals surface area contributed by atoms with Crippen molar-refractivity contribution in [2.75, 3.05) is 24.3 Å². The quantitative estimate of drug-likeness (QED) is 0.520. The summed E-state index contributed by atoms with van der Waals surface area (Å²) in [6.45, 7) is 5.98. The van der Waals surface area contributed by atoms with Gasteiger partial charge in [0.25, 0.3) is 0 Å². The second-order valence-corrected chi connectivity index (χ2v) is 9.34. The van der Waals surface area contributed by atoms with Crippen LogP contribution in [0.1, 0.15) is 24.6 Å². The predicted molar refractivity (Wildman–Crippen MR) is 119 cm³/mol. The van der Waals surface area contributed by atoms with Crippen molar-refractivity contribution in [3.63, 3.8) is 0 Å². The molecule has 1 heterocycles. The molecule has 0 saturated carbocycles. The number of aromatic nitrogens is 1. The molecule has 3 aromatic rings. The van der Waals surface area contributed by atoms with Gasteiger partial charge in [0, 0.05) is 30.8 Å². The molecule has 2 aromatic carbocycles. The minimum atomic E-state index is -3.67. The van der Waals surface area contributed by atoms with E-state index < -0.39 is 9.84 Å². The molecular formula is C23H26N2O5S. The largest absolute Gasteiger partial charge is 0.494 e. The Labute approximate surface area is 182 Å². The highest BCUT2D eigenvalue weighted by atomic mass is 32.2. The van der Waals surface area contributed by atoms with Crippen molar-refractivity contribution in [3.05, 3.63) is 59.8 Å². The first kappa shape index (κ1) is 22.6. The maximum Gasteiger partial charge on any atom is 0.227 e. The van der Waals surface area contributed by atoms with Gasteiger partial charge in [0.05, 0.1) is 22.9 Å². The van der Waals surface area contributed by atoms with Crippen LogP contribution in [0, 0.1) is 13.8 Å². The number of benzene rings is 2. The first-order valence-corrected chi connectivity index (χ1v) is 11.6. The lowest BCUT2D eigenvalue weighted by atomic mass is 10.1. The van der Waals surface area contributed by atoms with E-state index in [-0.39, 0.29) is 23.0 Å². The monoisotopic (exact) mass is 442 g/mol. The molecule has 31 heavy (non-hydrogen) atoms. The number of carbonyl (C=O) groups excluding carboxylic acids is 1. The third-order valence-electron chi connectivity index (χ3n) is 4.93. The lowest BCUT2D eigenvalue weighted by molar-refractivity contribution is -0.117.